The molecule has 2 heteroatoms. The third-order valence-electron chi connectivity index (χ3n) is 1.41. The van der Waals surface area contributed by atoms with Crippen LogP contribution in [0.5, 0.6) is 0 Å². The fraction of sp³-hybridized carbons (Fsp3) is 0.600. The van der Waals surface area contributed by atoms with Crippen LogP contribution in [0.2, 0.25) is 0 Å². The molecule has 0 amide bonds. The Morgan fingerprint density at radius 3 is 2.25 bits per heavy atom. The summed E-state index contributed by atoms with van der Waals surface area (Å²) in [6.07, 6.45) is 2.61. The van der Waals surface area contributed by atoms with Crippen LogP contribution in [0.4, 0.5) is 0 Å². The number of aliphatic hydroxyl groups is 1. The van der Waals surface area contributed by atoms with Gasteiger partial charge in [-0.25, -0.2) is 0 Å². The van der Waals surface area contributed by atoms with Crippen molar-refractivity contribution in [2.75, 3.05) is 7.05 Å². The lowest BCUT2D eigenvalue weighted by Crippen LogP contribution is -2.09. The summed E-state index contributed by atoms with van der Waals surface area (Å²) < 4.78 is 0. The molecule has 0 unspecified atom stereocenters. The van der Waals surface area contributed by atoms with Crippen LogP contribution in [0, 0.1) is 5.41 Å². The first-order valence-corrected chi connectivity index (χ1v) is 4.11. The van der Waals surface area contributed by atoms with Crippen molar-refractivity contribution >= 4 is 0 Å². The van der Waals surface area contributed by atoms with Gasteiger partial charge >= 0.3 is 0 Å². The highest BCUT2D eigenvalue weighted by Gasteiger charge is 2.14. The smallest absolute Gasteiger partial charge is 0.113 e. The monoisotopic (exact) mass is 169 g/mol. The van der Waals surface area contributed by atoms with Gasteiger partial charge < -0.3 is 10.4 Å². The average Bonchev–Trinajstić information content (AvgIpc) is 1.83. The number of hydrogen-bond acceptors (Lipinski definition) is 2. The molecule has 0 rings (SSSR count). The zero-order valence-corrected chi connectivity index (χ0v) is 8.44. The first-order valence-electron chi connectivity index (χ1n) is 4.11. The van der Waals surface area contributed by atoms with Gasteiger partial charge in [0.25, 0.3) is 0 Å². The number of hydrogen-bond donors (Lipinski definition) is 2. The van der Waals surface area contributed by atoms with Gasteiger partial charge in [0.05, 0.1) is 0 Å². The fourth-order valence-electron chi connectivity index (χ4n) is 0.982. The molecular formula is C10H19NO. The van der Waals surface area contributed by atoms with E-state index < -0.39 is 0 Å². The molecule has 0 aliphatic heterocycles. The van der Waals surface area contributed by atoms with Crippen molar-refractivity contribution < 1.29 is 5.11 Å². The Balaban J connectivity index is 4.36. The highest BCUT2D eigenvalue weighted by Crippen LogP contribution is 2.26. The van der Waals surface area contributed by atoms with Crippen LogP contribution in [-0.4, -0.2) is 12.2 Å². The van der Waals surface area contributed by atoms with Crippen LogP contribution in [0.25, 0.3) is 0 Å². The molecule has 0 aromatic heterocycles. The van der Waals surface area contributed by atoms with Crippen molar-refractivity contribution in [3.63, 3.8) is 0 Å². The summed E-state index contributed by atoms with van der Waals surface area (Å²) >= 11 is 0. The summed E-state index contributed by atoms with van der Waals surface area (Å²) in [5.41, 5.74) is 1.04. The Hall–Kier alpha value is -0.920. The largest absolute Gasteiger partial charge is 0.508 e. The summed E-state index contributed by atoms with van der Waals surface area (Å²) in [5.74, 6) is 0.152. The van der Waals surface area contributed by atoms with Crippen LogP contribution < -0.4 is 5.32 Å². The third-order valence-corrected chi connectivity index (χ3v) is 1.41. The Morgan fingerprint density at radius 1 is 1.50 bits per heavy atom. The quantitative estimate of drug-likeness (QED) is 0.503. The van der Waals surface area contributed by atoms with Crippen molar-refractivity contribution in [1.29, 1.82) is 0 Å². The number of aliphatic hydroxyl groups excluding tert-OH is 1. The van der Waals surface area contributed by atoms with E-state index in [1.807, 2.05) is 7.05 Å². The van der Waals surface area contributed by atoms with Crippen molar-refractivity contribution in [2.24, 2.45) is 5.41 Å². The number of rotatable bonds is 3. The van der Waals surface area contributed by atoms with Crippen molar-refractivity contribution in [2.45, 2.75) is 27.2 Å². The van der Waals surface area contributed by atoms with E-state index in [2.05, 4.69) is 32.7 Å². The van der Waals surface area contributed by atoms with Crippen LogP contribution in [-0.2, 0) is 0 Å². The van der Waals surface area contributed by atoms with Gasteiger partial charge in [0.2, 0.25) is 0 Å². The summed E-state index contributed by atoms with van der Waals surface area (Å²) in [7, 11) is 1.81. The normalized spacial score (nSPS) is 12.8. The molecule has 0 atom stereocenters. The molecule has 0 aromatic rings. The molecule has 0 bridgehead atoms. The average molecular weight is 169 g/mol. The SMILES string of the molecule is C=C(O)/C(=C\NC)CC(C)(C)C. The summed E-state index contributed by atoms with van der Waals surface area (Å²) in [5, 5.41) is 12.1. The topological polar surface area (TPSA) is 32.3 Å². The summed E-state index contributed by atoms with van der Waals surface area (Å²) in [4.78, 5) is 0. The van der Waals surface area contributed by atoms with E-state index >= 15 is 0 Å². The lowest BCUT2D eigenvalue weighted by Gasteiger charge is -2.19. The maximum Gasteiger partial charge on any atom is 0.113 e. The summed E-state index contributed by atoms with van der Waals surface area (Å²) in [6, 6.07) is 0. The van der Waals surface area contributed by atoms with E-state index in [1.54, 1.807) is 6.20 Å². The second-order valence-corrected chi connectivity index (χ2v) is 4.14. The van der Waals surface area contributed by atoms with Gasteiger partial charge in [-0.15, -0.1) is 0 Å². The Bertz CT molecular complexity index is 187. The Morgan fingerprint density at radius 2 is 2.00 bits per heavy atom. The molecule has 2 nitrogen and oxygen atoms in total. The predicted molar refractivity (Wildman–Crippen MR) is 53.0 cm³/mol. The van der Waals surface area contributed by atoms with Gasteiger partial charge in [0.1, 0.15) is 5.76 Å². The molecule has 70 valence electrons. The first-order chi connectivity index (χ1) is 5.37. The molecule has 0 saturated heterocycles. The van der Waals surface area contributed by atoms with Gasteiger partial charge in [-0.3, -0.25) is 0 Å². The Labute approximate surface area is 75.0 Å². The minimum absolute atomic E-state index is 0.152. The molecule has 0 spiro atoms. The van der Waals surface area contributed by atoms with Crippen molar-refractivity contribution in [1.82, 2.24) is 5.32 Å². The number of nitrogens with one attached hydrogen (secondary N) is 1. The lowest BCUT2D eigenvalue weighted by molar-refractivity contribution is 0.371. The van der Waals surface area contributed by atoms with Gasteiger partial charge in [-0.05, 0) is 11.8 Å². The third kappa shape index (κ3) is 4.83. The van der Waals surface area contributed by atoms with Crippen LogP contribution in [0.15, 0.2) is 24.1 Å². The molecule has 0 aliphatic carbocycles. The van der Waals surface area contributed by atoms with Crippen molar-refractivity contribution in [3.8, 4) is 0 Å². The van der Waals surface area contributed by atoms with Crippen LogP contribution in [0.3, 0.4) is 0 Å². The molecule has 0 radical (unpaired) electrons. The number of allylic oxidation sites excluding steroid dienone is 1. The van der Waals surface area contributed by atoms with Gasteiger partial charge in [-0.2, -0.15) is 0 Å². The summed E-state index contributed by atoms with van der Waals surface area (Å²) in [6.45, 7) is 9.88. The van der Waals surface area contributed by atoms with Crippen LogP contribution in [0.1, 0.15) is 27.2 Å². The zero-order chi connectivity index (χ0) is 9.78. The molecular weight excluding hydrogens is 150 g/mol. The second kappa shape index (κ2) is 4.19. The Kier molecular flexibility index (Phi) is 3.87. The first kappa shape index (κ1) is 11.1. The molecule has 12 heavy (non-hydrogen) atoms. The van der Waals surface area contributed by atoms with Gasteiger partial charge in [0.15, 0.2) is 0 Å². The fourth-order valence-corrected chi connectivity index (χ4v) is 0.982. The van der Waals surface area contributed by atoms with E-state index in [9.17, 15) is 5.11 Å². The van der Waals surface area contributed by atoms with E-state index in [1.165, 1.54) is 0 Å². The zero-order valence-electron chi connectivity index (χ0n) is 8.44. The standard InChI is InChI=1S/C10H19NO/c1-8(12)9(7-11-5)6-10(2,3)4/h7,11-12H,1,6H2,2-5H3/b9-7-. The van der Waals surface area contributed by atoms with E-state index in [4.69, 9.17) is 0 Å². The van der Waals surface area contributed by atoms with Crippen LogP contribution >= 0.6 is 0 Å². The van der Waals surface area contributed by atoms with E-state index in [0.717, 1.165) is 12.0 Å². The molecule has 0 saturated carbocycles. The van der Waals surface area contributed by atoms with Crippen molar-refractivity contribution in [3.05, 3.63) is 24.1 Å². The lowest BCUT2D eigenvalue weighted by atomic mass is 9.88. The van der Waals surface area contributed by atoms with E-state index in [-0.39, 0.29) is 11.2 Å². The molecule has 2 N–H and O–H groups in total. The highest BCUT2D eigenvalue weighted by atomic mass is 16.3. The minimum Gasteiger partial charge on any atom is -0.508 e. The highest BCUT2D eigenvalue weighted by molar-refractivity contribution is 5.22. The van der Waals surface area contributed by atoms with Gasteiger partial charge in [0, 0.05) is 18.8 Å². The molecule has 0 heterocycles. The molecule has 0 fully saturated rings. The van der Waals surface area contributed by atoms with E-state index in [0.29, 0.717) is 0 Å². The molecule has 0 aliphatic rings. The predicted octanol–water partition coefficient (Wildman–Crippen LogP) is 2.60. The second-order valence-electron chi connectivity index (χ2n) is 4.14. The maximum atomic E-state index is 9.20. The maximum absolute atomic E-state index is 9.20. The molecule has 0 aromatic carbocycles. The van der Waals surface area contributed by atoms with Gasteiger partial charge in [-0.1, -0.05) is 27.4 Å². The minimum atomic E-state index is 0.152.